The quantitative estimate of drug-likeness (QED) is 0.656. The number of carbonyl (C=O) groups is 3. The summed E-state index contributed by atoms with van der Waals surface area (Å²) in [5, 5.41) is 5.70. The smallest absolute Gasteiger partial charge is 0.258 e. The van der Waals surface area contributed by atoms with Crippen molar-refractivity contribution in [2.45, 2.75) is 25.3 Å². The molecule has 26 heavy (non-hydrogen) atoms. The van der Waals surface area contributed by atoms with Crippen LogP contribution < -0.4 is 15.4 Å². The standard InChI is InChI=1S/C18H23N3O4S/c22-16(9-21-12-26-11-18(21)24)19-8-7-13-1-5-15(6-2-13)25-10-17(23)20-14-3-4-14/h1-2,5-6,14H,3-4,7-12H2,(H,19,22)(H,20,23). The molecule has 3 rings (SSSR count). The first-order valence-electron chi connectivity index (χ1n) is 8.73. The summed E-state index contributed by atoms with van der Waals surface area (Å²) in [5.74, 6) is 1.49. The zero-order valence-electron chi connectivity index (χ0n) is 14.5. The Morgan fingerprint density at radius 1 is 1.19 bits per heavy atom. The molecule has 3 amide bonds. The van der Waals surface area contributed by atoms with Gasteiger partial charge < -0.3 is 20.3 Å². The van der Waals surface area contributed by atoms with Crippen LogP contribution in [-0.4, -0.2) is 60.0 Å². The summed E-state index contributed by atoms with van der Waals surface area (Å²) in [6.45, 7) is 0.666. The average Bonchev–Trinajstić information content (AvgIpc) is 3.35. The van der Waals surface area contributed by atoms with Gasteiger partial charge in [0.25, 0.3) is 5.91 Å². The highest BCUT2D eigenvalue weighted by Crippen LogP contribution is 2.18. The van der Waals surface area contributed by atoms with Crippen LogP contribution in [0.4, 0.5) is 0 Å². The summed E-state index contributed by atoms with van der Waals surface area (Å²) in [6.07, 6.45) is 2.81. The van der Waals surface area contributed by atoms with Crippen LogP contribution in [0.1, 0.15) is 18.4 Å². The van der Waals surface area contributed by atoms with E-state index in [1.807, 2.05) is 24.3 Å². The number of nitrogens with one attached hydrogen (secondary N) is 2. The van der Waals surface area contributed by atoms with E-state index in [9.17, 15) is 14.4 Å². The molecule has 0 aromatic heterocycles. The molecule has 1 heterocycles. The van der Waals surface area contributed by atoms with Gasteiger partial charge in [-0.15, -0.1) is 11.8 Å². The lowest BCUT2D eigenvalue weighted by molar-refractivity contribution is -0.132. The SMILES string of the molecule is O=C(CN1CSCC1=O)NCCc1ccc(OCC(=O)NC2CC2)cc1. The molecule has 7 nitrogen and oxygen atoms in total. The van der Waals surface area contributed by atoms with E-state index in [0.29, 0.717) is 36.4 Å². The van der Waals surface area contributed by atoms with E-state index in [1.54, 1.807) is 4.90 Å². The van der Waals surface area contributed by atoms with E-state index >= 15 is 0 Å². The molecule has 0 unspecified atom stereocenters. The number of hydrogen-bond donors (Lipinski definition) is 2. The Kier molecular flexibility index (Phi) is 6.38. The number of carbonyl (C=O) groups excluding carboxylic acids is 3. The maximum absolute atomic E-state index is 11.8. The van der Waals surface area contributed by atoms with Gasteiger partial charge in [0.15, 0.2) is 6.61 Å². The van der Waals surface area contributed by atoms with Gasteiger partial charge in [-0.05, 0) is 37.0 Å². The molecule has 0 radical (unpaired) electrons. The summed E-state index contributed by atoms with van der Waals surface area (Å²) in [5.41, 5.74) is 1.06. The van der Waals surface area contributed by atoms with Crippen molar-refractivity contribution in [2.24, 2.45) is 0 Å². The molecule has 1 aromatic carbocycles. The maximum atomic E-state index is 11.8. The van der Waals surface area contributed by atoms with E-state index < -0.39 is 0 Å². The van der Waals surface area contributed by atoms with Gasteiger partial charge in [-0.3, -0.25) is 14.4 Å². The van der Waals surface area contributed by atoms with Crippen molar-refractivity contribution in [3.05, 3.63) is 29.8 Å². The molecule has 0 bridgehead atoms. The minimum absolute atomic E-state index is 0.0200. The minimum Gasteiger partial charge on any atom is -0.484 e. The monoisotopic (exact) mass is 377 g/mol. The van der Waals surface area contributed by atoms with Crippen LogP contribution in [0.25, 0.3) is 0 Å². The Balaban J connectivity index is 1.32. The molecule has 2 N–H and O–H groups in total. The van der Waals surface area contributed by atoms with Crippen LogP contribution >= 0.6 is 11.8 Å². The molecule has 1 aliphatic carbocycles. The van der Waals surface area contributed by atoms with Crippen LogP contribution in [0, 0.1) is 0 Å². The van der Waals surface area contributed by atoms with Gasteiger partial charge in [-0.1, -0.05) is 12.1 Å². The Hall–Kier alpha value is -2.22. The molecule has 1 aromatic rings. The molecular weight excluding hydrogens is 354 g/mol. The molecule has 2 aliphatic rings. The predicted molar refractivity (Wildman–Crippen MR) is 98.9 cm³/mol. The first kappa shape index (κ1) is 18.6. The van der Waals surface area contributed by atoms with Crippen molar-refractivity contribution in [3.8, 4) is 5.75 Å². The highest BCUT2D eigenvalue weighted by Gasteiger charge is 2.23. The van der Waals surface area contributed by atoms with E-state index in [2.05, 4.69) is 10.6 Å². The van der Waals surface area contributed by atoms with Gasteiger partial charge in [0.05, 0.1) is 11.6 Å². The summed E-state index contributed by atoms with van der Waals surface area (Å²) < 4.78 is 5.46. The second-order valence-corrected chi connectivity index (χ2v) is 7.40. The summed E-state index contributed by atoms with van der Waals surface area (Å²) in [6, 6.07) is 7.82. The second kappa shape index (κ2) is 8.93. The lowest BCUT2D eigenvalue weighted by Crippen LogP contribution is -2.38. The molecule has 1 saturated heterocycles. The first-order valence-corrected chi connectivity index (χ1v) is 9.89. The fourth-order valence-corrected chi connectivity index (χ4v) is 3.42. The van der Waals surface area contributed by atoms with Gasteiger partial charge in [0, 0.05) is 12.6 Å². The first-order chi connectivity index (χ1) is 12.6. The largest absolute Gasteiger partial charge is 0.484 e. The molecule has 1 aliphatic heterocycles. The van der Waals surface area contributed by atoms with Crippen LogP contribution in [0.5, 0.6) is 5.75 Å². The highest BCUT2D eigenvalue weighted by molar-refractivity contribution is 8.00. The van der Waals surface area contributed by atoms with Gasteiger partial charge in [-0.2, -0.15) is 0 Å². The van der Waals surface area contributed by atoms with Crippen molar-refractivity contribution in [1.29, 1.82) is 0 Å². The molecule has 0 atom stereocenters. The number of hydrogen-bond acceptors (Lipinski definition) is 5. The van der Waals surface area contributed by atoms with Crippen LogP contribution in [0.15, 0.2) is 24.3 Å². The third-order valence-corrected chi connectivity index (χ3v) is 5.08. The number of benzene rings is 1. The van der Waals surface area contributed by atoms with Gasteiger partial charge in [0.2, 0.25) is 11.8 Å². The lowest BCUT2D eigenvalue weighted by Gasteiger charge is -2.14. The molecule has 0 spiro atoms. The molecule has 2 fully saturated rings. The van der Waals surface area contributed by atoms with Gasteiger partial charge in [-0.25, -0.2) is 0 Å². The van der Waals surface area contributed by atoms with Crippen molar-refractivity contribution >= 4 is 29.5 Å². The number of ether oxygens (including phenoxy) is 1. The fourth-order valence-electron chi connectivity index (χ4n) is 2.51. The summed E-state index contributed by atoms with van der Waals surface area (Å²) >= 11 is 1.53. The van der Waals surface area contributed by atoms with Crippen molar-refractivity contribution < 1.29 is 19.1 Å². The number of rotatable bonds is 9. The Labute approximate surface area is 156 Å². The number of nitrogens with zero attached hydrogens (tertiary/aromatic N) is 1. The van der Waals surface area contributed by atoms with Crippen molar-refractivity contribution in [2.75, 3.05) is 31.3 Å². The third-order valence-electron chi connectivity index (χ3n) is 4.13. The van der Waals surface area contributed by atoms with E-state index in [0.717, 1.165) is 18.4 Å². The van der Waals surface area contributed by atoms with Crippen LogP contribution in [0.2, 0.25) is 0 Å². The van der Waals surface area contributed by atoms with E-state index in [-0.39, 0.29) is 30.9 Å². The van der Waals surface area contributed by atoms with Crippen molar-refractivity contribution in [3.63, 3.8) is 0 Å². The lowest BCUT2D eigenvalue weighted by atomic mass is 10.1. The summed E-state index contributed by atoms with van der Waals surface area (Å²) in [7, 11) is 0. The van der Waals surface area contributed by atoms with Gasteiger partial charge >= 0.3 is 0 Å². The number of amides is 3. The molecule has 8 heteroatoms. The minimum atomic E-state index is -0.137. The third kappa shape index (κ3) is 5.94. The summed E-state index contributed by atoms with van der Waals surface area (Å²) in [4.78, 5) is 36.5. The van der Waals surface area contributed by atoms with E-state index in [4.69, 9.17) is 4.74 Å². The topological polar surface area (TPSA) is 87.7 Å². The molecular formula is C18H23N3O4S. The highest BCUT2D eigenvalue weighted by atomic mass is 32.2. The van der Waals surface area contributed by atoms with E-state index in [1.165, 1.54) is 11.8 Å². The van der Waals surface area contributed by atoms with Gasteiger partial charge in [0.1, 0.15) is 12.3 Å². The fraction of sp³-hybridized carbons (Fsp3) is 0.500. The van der Waals surface area contributed by atoms with Crippen LogP contribution in [-0.2, 0) is 20.8 Å². The number of thioether (sulfide) groups is 1. The zero-order chi connectivity index (χ0) is 18.4. The molecule has 140 valence electrons. The Bertz CT molecular complexity index is 661. The Morgan fingerprint density at radius 2 is 1.96 bits per heavy atom. The molecule has 1 saturated carbocycles. The normalized spacial score (nSPS) is 16.5. The Morgan fingerprint density at radius 3 is 2.62 bits per heavy atom. The zero-order valence-corrected chi connectivity index (χ0v) is 15.3. The second-order valence-electron chi connectivity index (χ2n) is 6.44. The average molecular weight is 377 g/mol. The van der Waals surface area contributed by atoms with Crippen molar-refractivity contribution in [1.82, 2.24) is 15.5 Å². The maximum Gasteiger partial charge on any atom is 0.258 e. The van der Waals surface area contributed by atoms with Crippen LogP contribution in [0.3, 0.4) is 0 Å². The predicted octanol–water partition coefficient (Wildman–Crippen LogP) is 0.536.